The molecule has 1 aromatic carbocycles. The molecule has 2 aromatic heterocycles. The van der Waals surface area contributed by atoms with Crippen LogP contribution in [0.4, 0.5) is 0 Å². The van der Waals surface area contributed by atoms with Crippen molar-refractivity contribution in [2.75, 3.05) is 0 Å². The summed E-state index contributed by atoms with van der Waals surface area (Å²) in [5.74, 6) is 1.77. The summed E-state index contributed by atoms with van der Waals surface area (Å²) >= 11 is 1.69. The van der Waals surface area contributed by atoms with E-state index in [2.05, 4.69) is 63.7 Å². The zero-order valence-corrected chi connectivity index (χ0v) is 15.0. The van der Waals surface area contributed by atoms with E-state index in [9.17, 15) is 0 Å². The molecular weight excluding hydrogens is 318 g/mol. The van der Waals surface area contributed by atoms with Crippen LogP contribution in [-0.4, -0.2) is 24.5 Å². The highest BCUT2D eigenvalue weighted by molar-refractivity contribution is 7.98. The van der Waals surface area contributed by atoms with Crippen molar-refractivity contribution in [3.8, 4) is 5.69 Å². The topological polar surface area (TPSA) is 48.5 Å². The fourth-order valence-electron chi connectivity index (χ4n) is 2.58. The fourth-order valence-corrected chi connectivity index (χ4v) is 3.53. The van der Waals surface area contributed by atoms with E-state index in [0.29, 0.717) is 0 Å². The van der Waals surface area contributed by atoms with Gasteiger partial charge in [0, 0.05) is 18.0 Å². The Morgan fingerprint density at radius 3 is 2.50 bits per heavy atom. The first-order chi connectivity index (χ1) is 11.6. The van der Waals surface area contributed by atoms with E-state index in [1.54, 1.807) is 11.8 Å². The molecule has 24 heavy (non-hydrogen) atoms. The maximum Gasteiger partial charge on any atom is 0.191 e. The largest absolute Gasteiger partial charge is 0.302 e. The molecule has 0 aliphatic heterocycles. The standard InChI is InChI=1S/C18H21N5S/c1-5-10-22-15(4)19-20-18(22)24-12-16-6-8-17(9-7-16)23-14(3)11-13(2)21-23/h5-9,11H,1,10,12H2,2-4H3. The monoisotopic (exact) mass is 339 g/mol. The zero-order valence-electron chi connectivity index (χ0n) is 14.2. The van der Waals surface area contributed by atoms with Gasteiger partial charge in [0.25, 0.3) is 0 Å². The maximum absolute atomic E-state index is 4.52. The molecule has 3 aromatic rings. The second-order valence-electron chi connectivity index (χ2n) is 5.72. The number of aromatic nitrogens is 5. The molecule has 0 spiro atoms. The first kappa shape index (κ1) is 16.5. The van der Waals surface area contributed by atoms with Gasteiger partial charge in [-0.15, -0.1) is 16.8 Å². The van der Waals surface area contributed by atoms with Gasteiger partial charge in [-0.2, -0.15) is 5.10 Å². The first-order valence-corrected chi connectivity index (χ1v) is 8.83. The van der Waals surface area contributed by atoms with E-state index in [1.807, 2.05) is 24.6 Å². The molecule has 0 radical (unpaired) electrons. The van der Waals surface area contributed by atoms with Gasteiger partial charge in [-0.1, -0.05) is 30.0 Å². The predicted octanol–water partition coefficient (Wildman–Crippen LogP) is 3.87. The highest BCUT2D eigenvalue weighted by atomic mass is 32.2. The summed E-state index contributed by atoms with van der Waals surface area (Å²) in [5.41, 5.74) is 4.50. The number of aryl methyl sites for hydroxylation is 3. The summed E-state index contributed by atoms with van der Waals surface area (Å²) in [6.45, 7) is 10.6. The van der Waals surface area contributed by atoms with Gasteiger partial charge in [0.05, 0.1) is 11.4 Å². The van der Waals surface area contributed by atoms with Crippen molar-refractivity contribution in [1.29, 1.82) is 0 Å². The molecule has 0 bridgehead atoms. The van der Waals surface area contributed by atoms with E-state index < -0.39 is 0 Å². The average molecular weight is 339 g/mol. The normalized spacial score (nSPS) is 11.0. The third-order valence-electron chi connectivity index (χ3n) is 3.77. The van der Waals surface area contributed by atoms with Crippen LogP contribution in [0.15, 0.2) is 48.1 Å². The average Bonchev–Trinajstić information content (AvgIpc) is 3.09. The highest BCUT2D eigenvalue weighted by Gasteiger charge is 2.09. The molecule has 0 fully saturated rings. The van der Waals surface area contributed by atoms with Crippen LogP contribution in [0.2, 0.25) is 0 Å². The summed E-state index contributed by atoms with van der Waals surface area (Å²) in [5, 5.41) is 13.8. The summed E-state index contributed by atoms with van der Waals surface area (Å²) in [4.78, 5) is 0. The molecule has 0 atom stereocenters. The third-order valence-corrected chi connectivity index (χ3v) is 4.81. The van der Waals surface area contributed by atoms with Crippen molar-refractivity contribution in [2.45, 2.75) is 38.2 Å². The quantitative estimate of drug-likeness (QED) is 0.505. The number of hydrogen-bond donors (Lipinski definition) is 0. The number of allylic oxidation sites excluding steroid dienone is 1. The second-order valence-corrected chi connectivity index (χ2v) is 6.67. The molecule has 6 heteroatoms. The minimum Gasteiger partial charge on any atom is -0.302 e. The molecule has 0 aliphatic carbocycles. The number of hydrogen-bond acceptors (Lipinski definition) is 4. The summed E-state index contributed by atoms with van der Waals surface area (Å²) in [6.07, 6.45) is 1.86. The molecule has 3 rings (SSSR count). The molecular formula is C18H21N5S. The van der Waals surface area contributed by atoms with Gasteiger partial charge in [0.1, 0.15) is 5.82 Å². The number of rotatable bonds is 6. The van der Waals surface area contributed by atoms with Gasteiger partial charge in [-0.25, -0.2) is 4.68 Å². The Morgan fingerprint density at radius 1 is 1.12 bits per heavy atom. The van der Waals surface area contributed by atoms with Crippen LogP contribution in [-0.2, 0) is 12.3 Å². The van der Waals surface area contributed by atoms with E-state index in [0.717, 1.165) is 40.4 Å². The SMILES string of the molecule is C=CCn1c(C)nnc1SCc1ccc(-n2nc(C)cc2C)cc1. The van der Waals surface area contributed by atoms with Crippen molar-refractivity contribution in [1.82, 2.24) is 24.5 Å². The lowest BCUT2D eigenvalue weighted by Crippen LogP contribution is -2.00. The molecule has 0 unspecified atom stereocenters. The molecule has 2 heterocycles. The third kappa shape index (κ3) is 3.43. The van der Waals surface area contributed by atoms with Gasteiger partial charge < -0.3 is 4.57 Å². The Morgan fingerprint density at radius 2 is 1.88 bits per heavy atom. The molecule has 0 saturated carbocycles. The van der Waals surface area contributed by atoms with Crippen molar-refractivity contribution in [3.05, 3.63) is 65.8 Å². The number of thioether (sulfide) groups is 1. The first-order valence-electron chi connectivity index (χ1n) is 7.84. The van der Waals surface area contributed by atoms with E-state index in [1.165, 1.54) is 5.56 Å². The van der Waals surface area contributed by atoms with Gasteiger partial charge in [-0.05, 0) is 44.5 Å². The zero-order chi connectivity index (χ0) is 17.1. The van der Waals surface area contributed by atoms with Crippen molar-refractivity contribution in [3.63, 3.8) is 0 Å². The fraction of sp³-hybridized carbons (Fsp3) is 0.278. The second kappa shape index (κ2) is 7.05. The van der Waals surface area contributed by atoms with Crippen LogP contribution >= 0.6 is 11.8 Å². The Kier molecular flexibility index (Phi) is 4.85. The van der Waals surface area contributed by atoms with Gasteiger partial charge >= 0.3 is 0 Å². The van der Waals surface area contributed by atoms with Crippen LogP contribution in [0.1, 0.15) is 22.8 Å². The Balaban J connectivity index is 1.71. The Bertz CT molecular complexity index is 845. The molecule has 0 N–H and O–H groups in total. The highest BCUT2D eigenvalue weighted by Crippen LogP contribution is 2.23. The summed E-state index contributed by atoms with van der Waals surface area (Å²) in [7, 11) is 0. The van der Waals surface area contributed by atoms with Crippen LogP contribution in [0, 0.1) is 20.8 Å². The van der Waals surface area contributed by atoms with Crippen molar-refractivity contribution >= 4 is 11.8 Å². The van der Waals surface area contributed by atoms with Gasteiger partial charge in [0.2, 0.25) is 0 Å². The molecule has 0 saturated heterocycles. The lowest BCUT2D eigenvalue weighted by Gasteiger charge is -2.07. The Hall–Kier alpha value is -2.34. The summed E-state index contributed by atoms with van der Waals surface area (Å²) < 4.78 is 4.04. The number of benzene rings is 1. The molecule has 0 amide bonds. The maximum atomic E-state index is 4.52. The van der Waals surface area contributed by atoms with Crippen molar-refractivity contribution < 1.29 is 0 Å². The van der Waals surface area contributed by atoms with Crippen LogP contribution in [0.5, 0.6) is 0 Å². The van der Waals surface area contributed by atoms with Crippen molar-refractivity contribution in [2.24, 2.45) is 0 Å². The molecule has 124 valence electrons. The Labute approximate surface area is 146 Å². The molecule has 5 nitrogen and oxygen atoms in total. The molecule has 0 aliphatic rings. The van der Waals surface area contributed by atoms with E-state index in [4.69, 9.17) is 0 Å². The lowest BCUT2D eigenvalue weighted by molar-refractivity contribution is 0.703. The number of nitrogens with zero attached hydrogens (tertiary/aromatic N) is 5. The van der Waals surface area contributed by atoms with Crippen LogP contribution in [0.3, 0.4) is 0 Å². The minimum absolute atomic E-state index is 0.734. The van der Waals surface area contributed by atoms with Gasteiger partial charge in [-0.3, -0.25) is 0 Å². The van der Waals surface area contributed by atoms with Crippen LogP contribution in [0.25, 0.3) is 5.69 Å². The predicted molar refractivity (Wildman–Crippen MR) is 97.6 cm³/mol. The smallest absolute Gasteiger partial charge is 0.191 e. The summed E-state index contributed by atoms with van der Waals surface area (Å²) in [6, 6.07) is 10.6. The van der Waals surface area contributed by atoms with E-state index >= 15 is 0 Å². The minimum atomic E-state index is 0.734. The van der Waals surface area contributed by atoms with Gasteiger partial charge in [0.15, 0.2) is 5.16 Å². The van der Waals surface area contributed by atoms with Crippen LogP contribution < -0.4 is 0 Å². The lowest BCUT2D eigenvalue weighted by atomic mass is 10.2. The van der Waals surface area contributed by atoms with E-state index in [-0.39, 0.29) is 0 Å².